The number of aromatic nitrogens is 4. The molecule has 0 saturated carbocycles. The van der Waals surface area contributed by atoms with Crippen LogP contribution in [0, 0.1) is 5.82 Å². The van der Waals surface area contributed by atoms with Crippen molar-refractivity contribution in [3.63, 3.8) is 0 Å². The molecule has 4 rings (SSSR count). The lowest BCUT2D eigenvalue weighted by molar-refractivity contribution is 0.0810. The lowest BCUT2D eigenvalue weighted by atomic mass is 10.1. The van der Waals surface area contributed by atoms with Gasteiger partial charge in [0.2, 0.25) is 11.8 Å². The lowest BCUT2D eigenvalue weighted by Gasteiger charge is -2.26. The van der Waals surface area contributed by atoms with Crippen molar-refractivity contribution in [2.24, 2.45) is 0 Å². The molecule has 1 fully saturated rings. The Balaban J connectivity index is 0.00000380. The number of rotatable bonds is 10. The number of likely N-dealkylation sites (tertiary alicyclic amines) is 1. The average Bonchev–Trinajstić information content (AvgIpc) is 3.17. The molecule has 1 aliphatic rings. The van der Waals surface area contributed by atoms with E-state index in [1.165, 1.54) is 30.4 Å². The van der Waals surface area contributed by atoms with Gasteiger partial charge in [0.15, 0.2) is 5.82 Å². The Labute approximate surface area is 213 Å². The zero-order valence-electron chi connectivity index (χ0n) is 21.6. The summed E-state index contributed by atoms with van der Waals surface area (Å²) in [7, 11) is 3.23. The molecule has 0 atom stereocenters. The van der Waals surface area contributed by atoms with E-state index in [0.717, 1.165) is 32.5 Å². The fourth-order valence-corrected chi connectivity index (χ4v) is 4.66. The Bertz CT molecular complexity index is 1180. The minimum absolute atomic E-state index is 0. The van der Waals surface area contributed by atoms with Crippen molar-refractivity contribution < 1.29 is 15.3 Å². The van der Waals surface area contributed by atoms with Gasteiger partial charge in [-0.15, -0.1) is 0 Å². The first-order valence-electron chi connectivity index (χ1n) is 12.8. The Kier molecular flexibility index (Phi) is 8.35. The van der Waals surface area contributed by atoms with E-state index in [4.69, 9.17) is 4.74 Å². The summed E-state index contributed by atoms with van der Waals surface area (Å²) in [6.45, 7) is 7.82. The van der Waals surface area contributed by atoms with Crippen LogP contribution in [0.25, 0.3) is 11.0 Å². The van der Waals surface area contributed by atoms with Gasteiger partial charge in [-0.1, -0.05) is 20.3 Å². The molecule has 3 aromatic rings. The van der Waals surface area contributed by atoms with Crippen LogP contribution in [0.15, 0.2) is 24.5 Å². The topological polar surface area (TPSA) is 88.4 Å². The van der Waals surface area contributed by atoms with Crippen LogP contribution in [0.1, 0.15) is 63.9 Å². The zero-order chi connectivity index (χ0) is 25.7. The third-order valence-corrected chi connectivity index (χ3v) is 6.70. The Hall–Kier alpha value is -3.27. The van der Waals surface area contributed by atoms with E-state index in [2.05, 4.69) is 25.2 Å². The first-order valence-corrected chi connectivity index (χ1v) is 12.8. The summed E-state index contributed by atoms with van der Waals surface area (Å²) in [5.41, 5.74) is 1.10. The third-order valence-electron chi connectivity index (χ3n) is 6.70. The van der Waals surface area contributed by atoms with Crippen LogP contribution in [0.4, 0.5) is 16.0 Å². The van der Waals surface area contributed by atoms with Crippen LogP contribution in [0.5, 0.6) is 5.88 Å². The van der Waals surface area contributed by atoms with Gasteiger partial charge in [-0.3, -0.25) is 9.69 Å². The summed E-state index contributed by atoms with van der Waals surface area (Å²) in [6.07, 6.45) is 8.40. The molecular weight excluding hydrogens is 461 g/mol. The molecule has 0 aromatic carbocycles. The highest BCUT2D eigenvalue weighted by molar-refractivity contribution is 5.98. The number of halogens is 1. The largest absolute Gasteiger partial charge is 0.476 e. The van der Waals surface area contributed by atoms with Crippen LogP contribution in [-0.2, 0) is 0 Å². The molecule has 0 radical (unpaired) electrons. The number of hydrogen-bond acceptors (Lipinski definition) is 7. The van der Waals surface area contributed by atoms with E-state index in [-0.39, 0.29) is 18.5 Å². The van der Waals surface area contributed by atoms with Crippen molar-refractivity contribution in [1.82, 2.24) is 29.3 Å². The Morgan fingerprint density at radius 2 is 1.92 bits per heavy atom. The highest BCUT2D eigenvalue weighted by atomic mass is 19.1. The van der Waals surface area contributed by atoms with Crippen LogP contribution < -0.4 is 10.1 Å². The molecule has 3 aromatic heterocycles. The maximum Gasteiger partial charge on any atom is 0.273 e. The number of ether oxygens (including phenoxy) is 1. The van der Waals surface area contributed by atoms with Crippen molar-refractivity contribution >= 4 is 28.6 Å². The van der Waals surface area contributed by atoms with Crippen molar-refractivity contribution in [2.45, 2.75) is 52.0 Å². The maximum absolute atomic E-state index is 15.4. The summed E-state index contributed by atoms with van der Waals surface area (Å²) in [5, 5.41) is 3.36. The predicted molar refractivity (Wildman–Crippen MR) is 141 cm³/mol. The molecule has 0 unspecified atom stereocenters. The third kappa shape index (κ3) is 5.59. The molecule has 36 heavy (non-hydrogen) atoms. The van der Waals surface area contributed by atoms with Crippen LogP contribution in [-0.4, -0.2) is 75.6 Å². The standard InChI is InChI=1S/C26H36FN7O2.H2/c1-5-19(6-2)34-23(25(35)32(3)4)22(27)20-17-29-26(31-24(20)34)30-18-10-11-21(28-16-18)36-15-14-33-12-8-7-9-13-33;/h10-11,16-17,19H,5-9,12-15H2,1-4H3,(H,29,30,31);1H. The van der Waals surface area contributed by atoms with Crippen molar-refractivity contribution in [3.05, 3.63) is 36.0 Å². The minimum Gasteiger partial charge on any atom is -0.476 e. The van der Waals surface area contributed by atoms with Crippen LogP contribution in [0.3, 0.4) is 0 Å². The molecule has 9 nitrogen and oxygen atoms in total. The lowest BCUT2D eigenvalue weighted by Crippen LogP contribution is -2.33. The molecule has 0 bridgehead atoms. The van der Waals surface area contributed by atoms with Gasteiger partial charge in [0, 0.05) is 40.4 Å². The number of pyridine rings is 1. The Morgan fingerprint density at radius 1 is 1.17 bits per heavy atom. The van der Waals surface area contributed by atoms with E-state index >= 15 is 4.39 Å². The van der Waals surface area contributed by atoms with Gasteiger partial charge >= 0.3 is 0 Å². The molecule has 0 aliphatic carbocycles. The predicted octanol–water partition coefficient (Wildman–Crippen LogP) is 4.88. The quantitative estimate of drug-likeness (QED) is 0.425. The summed E-state index contributed by atoms with van der Waals surface area (Å²) in [4.78, 5) is 29.9. The van der Waals surface area contributed by atoms with E-state index in [0.29, 0.717) is 29.8 Å². The number of carbonyl (C=O) groups excluding carboxylic acids is 1. The molecule has 196 valence electrons. The number of amides is 1. The van der Waals surface area contributed by atoms with E-state index < -0.39 is 11.7 Å². The van der Waals surface area contributed by atoms with Crippen LogP contribution in [0.2, 0.25) is 0 Å². The molecular formula is C26H38FN7O2. The monoisotopic (exact) mass is 499 g/mol. The molecule has 4 heterocycles. The molecule has 1 saturated heterocycles. The highest BCUT2D eigenvalue weighted by Gasteiger charge is 2.28. The number of hydrogen-bond donors (Lipinski definition) is 1. The smallest absolute Gasteiger partial charge is 0.273 e. The van der Waals surface area contributed by atoms with Gasteiger partial charge < -0.3 is 19.5 Å². The minimum atomic E-state index is -0.588. The van der Waals surface area contributed by atoms with Gasteiger partial charge in [0.1, 0.15) is 17.9 Å². The van der Waals surface area contributed by atoms with Crippen LogP contribution >= 0.6 is 0 Å². The molecule has 1 N–H and O–H groups in total. The molecule has 1 aliphatic heterocycles. The second-order valence-electron chi connectivity index (χ2n) is 9.39. The summed E-state index contributed by atoms with van der Waals surface area (Å²) in [6, 6.07) is 3.58. The molecule has 0 spiro atoms. The van der Waals surface area contributed by atoms with Gasteiger partial charge in [-0.25, -0.2) is 14.4 Å². The number of nitrogens with zero attached hydrogens (tertiary/aromatic N) is 6. The SMILES string of the molecule is CCC(CC)n1c(C(=O)N(C)C)c(F)c2cnc(Nc3ccc(OCCN4CCCCC4)nc3)nc21.[HH]. The number of fused-ring (bicyclic) bond motifs is 1. The second kappa shape index (κ2) is 11.6. The van der Waals surface area contributed by atoms with E-state index in [9.17, 15) is 4.79 Å². The fourth-order valence-electron chi connectivity index (χ4n) is 4.66. The summed E-state index contributed by atoms with van der Waals surface area (Å²) < 4.78 is 22.9. The van der Waals surface area contributed by atoms with Gasteiger partial charge in [0.25, 0.3) is 5.91 Å². The zero-order valence-corrected chi connectivity index (χ0v) is 21.6. The van der Waals surface area contributed by atoms with Gasteiger partial charge in [0.05, 0.1) is 17.3 Å². The first-order chi connectivity index (χ1) is 17.4. The summed E-state index contributed by atoms with van der Waals surface area (Å²) >= 11 is 0. The maximum atomic E-state index is 15.4. The van der Waals surface area contributed by atoms with Gasteiger partial charge in [-0.2, -0.15) is 4.98 Å². The van der Waals surface area contributed by atoms with Crippen molar-refractivity contribution in [2.75, 3.05) is 45.7 Å². The van der Waals surface area contributed by atoms with E-state index in [1.54, 1.807) is 30.9 Å². The Morgan fingerprint density at radius 3 is 2.56 bits per heavy atom. The number of anilines is 2. The number of nitrogens with one attached hydrogen (secondary N) is 1. The average molecular weight is 500 g/mol. The highest BCUT2D eigenvalue weighted by Crippen LogP contribution is 2.31. The number of carbonyl (C=O) groups is 1. The fraction of sp³-hybridized carbons (Fsp3) is 0.538. The van der Waals surface area contributed by atoms with Gasteiger partial charge in [-0.05, 0) is 44.8 Å². The second-order valence-corrected chi connectivity index (χ2v) is 9.39. The first kappa shape index (κ1) is 25.8. The summed E-state index contributed by atoms with van der Waals surface area (Å²) in [5.74, 6) is -0.121. The van der Waals surface area contributed by atoms with E-state index in [1.807, 2.05) is 19.9 Å². The normalized spacial score (nSPS) is 14.4. The molecule has 10 heteroatoms. The van der Waals surface area contributed by atoms with Crippen molar-refractivity contribution in [3.8, 4) is 5.88 Å². The number of piperidine rings is 1. The van der Waals surface area contributed by atoms with Crippen molar-refractivity contribution in [1.29, 1.82) is 0 Å². The molecule has 1 amide bonds.